The molecule has 0 bridgehead atoms. The number of rotatable bonds is 9. The zero-order valence-electron chi connectivity index (χ0n) is 19.7. The van der Waals surface area contributed by atoms with Crippen LogP contribution >= 0.6 is 15.9 Å². The number of nitro benzene ring substituents is 1. The number of fused-ring (bicyclic) bond motifs is 1. The summed E-state index contributed by atoms with van der Waals surface area (Å²) in [7, 11) is 0. The predicted molar refractivity (Wildman–Crippen MR) is 135 cm³/mol. The number of hydrogen-bond donors (Lipinski definition) is 0. The van der Waals surface area contributed by atoms with Gasteiger partial charge in [-0.25, -0.2) is 9.78 Å². The lowest BCUT2D eigenvalue weighted by Crippen LogP contribution is -2.26. The van der Waals surface area contributed by atoms with Crippen LogP contribution in [-0.4, -0.2) is 39.5 Å². The van der Waals surface area contributed by atoms with Crippen molar-refractivity contribution in [3.8, 4) is 5.75 Å². The Bertz CT molecular complexity index is 1350. The zero-order chi connectivity index (χ0) is 25.7. The highest BCUT2D eigenvalue weighted by molar-refractivity contribution is 9.10. The Morgan fingerprint density at radius 3 is 2.66 bits per heavy atom. The van der Waals surface area contributed by atoms with Gasteiger partial charge < -0.3 is 9.47 Å². The fourth-order valence-electron chi connectivity index (χ4n) is 3.25. The molecule has 3 aromatic rings. The number of nitrogens with zero attached hydrogens (tertiary/aromatic N) is 4. The molecule has 0 aliphatic rings. The van der Waals surface area contributed by atoms with Crippen molar-refractivity contribution >= 4 is 44.7 Å². The Labute approximate surface area is 209 Å². The van der Waals surface area contributed by atoms with E-state index >= 15 is 0 Å². The second kappa shape index (κ2) is 11.2. The first-order valence-corrected chi connectivity index (χ1v) is 11.8. The SMILES string of the molecule is CCOC(=O)[C@H](C)Oc1ccc([N+](=O)[O-])cc1C=Nn1c([C@@H](C)CC)nc2ccc(Br)cc2c1=O. The molecule has 0 fully saturated rings. The van der Waals surface area contributed by atoms with Gasteiger partial charge in [0.15, 0.2) is 6.10 Å². The van der Waals surface area contributed by atoms with Crippen molar-refractivity contribution in [2.75, 3.05) is 6.61 Å². The van der Waals surface area contributed by atoms with Crippen LogP contribution in [0.15, 0.2) is 50.8 Å². The van der Waals surface area contributed by atoms with E-state index in [4.69, 9.17) is 9.47 Å². The number of carbonyl (C=O) groups is 1. The number of nitro groups is 1. The summed E-state index contributed by atoms with van der Waals surface area (Å²) >= 11 is 3.37. The number of carbonyl (C=O) groups excluding carboxylic acids is 1. The number of ether oxygens (including phenoxy) is 2. The van der Waals surface area contributed by atoms with Gasteiger partial charge in [0.1, 0.15) is 11.6 Å². The molecule has 0 aliphatic carbocycles. The van der Waals surface area contributed by atoms with Crippen LogP contribution in [0.25, 0.3) is 10.9 Å². The Morgan fingerprint density at radius 1 is 1.26 bits per heavy atom. The standard InChI is InChI=1S/C24H25BrN4O6/c1-5-14(3)22-27-20-9-7-17(25)12-19(20)23(30)28(22)26-13-16-11-18(29(32)33)8-10-21(16)35-15(4)24(31)34-6-2/h7-15H,5-6H2,1-4H3/t14-,15-/m0/s1. The maximum atomic E-state index is 13.3. The minimum atomic E-state index is -0.957. The molecule has 1 aromatic heterocycles. The van der Waals surface area contributed by atoms with Crippen molar-refractivity contribution in [1.29, 1.82) is 0 Å². The van der Waals surface area contributed by atoms with Crippen molar-refractivity contribution in [2.45, 2.75) is 46.1 Å². The average molecular weight is 545 g/mol. The Kier molecular flexibility index (Phi) is 8.34. The molecular formula is C24H25BrN4O6. The van der Waals surface area contributed by atoms with E-state index in [0.29, 0.717) is 23.1 Å². The second-order valence-corrected chi connectivity index (χ2v) is 8.71. The van der Waals surface area contributed by atoms with Gasteiger partial charge in [0, 0.05) is 28.1 Å². The Morgan fingerprint density at radius 2 is 2.00 bits per heavy atom. The Hall–Kier alpha value is -3.60. The molecular weight excluding hydrogens is 520 g/mol. The summed E-state index contributed by atoms with van der Waals surface area (Å²) in [4.78, 5) is 40.8. The van der Waals surface area contributed by atoms with Crippen molar-refractivity contribution in [3.05, 3.63) is 72.7 Å². The van der Waals surface area contributed by atoms with Crippen LogP contribution in [0.1, 0.15) is 51.4 Å². The summed E-state index contributed by atoms with van der Waals surface area (Å²) in [5, 5.41) is 16.1. The third-order valence-corrected chi connectivity index (χ3v) is 5.82. The van der Waals surface area contributed by atoms with Crippen LogP contribution in [0, 0.1) is 10.1 Å². The number of esters is 1. The summed E-state index contributed by atoms with van der Waals surface area (Å²) in [5.74, 6) is -0.0308. The molecule has 0 spiro atoms. The summed E-state index contributed by atoms with van der Waals surface area (Å²) in [5.41, 5.74) is 0.183. The summed E-state index contributed by atoms with van der Waals surface area (Å²) < 4.78 is 12.6. The van der Waals surface area contributed by atoms with E-state index in [1.807, 2.05) is 13.8 Å². The Balaban J connectivity index is 2.14. The molecule has 0 N–H and O–H groups in total. The first kappa shape index (κ1) is 26.0. The second-order valence-electron chi connectivity index (χ2n) is 7.79. The van der Waals surface area contributed by atoms with Gasteiger partial charge in [-0.05, 0) is 44.5 Å². The van der Waals surface area contributed by atoms with Crippen LogP contribution in [0.4, 0.5) is 5.69 Å². The van der Waals surface area contributed by atoms with Crippen molar-refractivity contribution in [1.82, 2.24) is 9.66 Å². The molecule has 2 atom stereocenters. The van der Waals surface area contributed by atoms with Gasteiger partial charge in [-0.2, -0.15) is 9.78 Å². The lowest BCUT2D eigenvalue weighted by Gasteiger charge is -2.16. The largest absolute Gasteiger partial charge is 0.478 e. The normalized spacial score (nSPS) is 13.1. The summed E-state index contributed by atoms with van der Waals surface area (Å²) in [6.07, 6.45) is 1.05. The molecule has 11 heteroatoms. The average Bonchev–Trinajstić information content (AvgIpc) is 2.83. The lowest BCUT2D eigenvalue weighted by molar-refractivity contribution is -0.384. The molecule has 35 heavy (non-hydrogen) atoms. The maximum Gasteiger partial charge on any atom is 0.347 e. The number of benzene rings is 2. The number of hydrogen-bond acceptors (Lipinski definition) is 8. The van der Waals surface area contributed by atoms with Gasteiger partial charge >= 0.3 is 5.97 Å². The number of aromatic nitrogens is 2. The highest BCUT2D eigenvalue weighted by Crippen LogP contribution is 2.25. The molecule has 10 nitrogen and oxygen atoms in total. The van der Waals surface area contributed by atoms with Gasteiger partial charge in [-0.15, -0.1) is 0 Å². The van der Waals surface area contributed by atoms with E-state index in [0.717, 1.165) is 4.47 Å². The van der Waals surface area contributed by atoms with E-state index in [-0.39, 0.29) is 35.1 Å². The molecule has 0 unspecified atom stereocenters. The van der Waals surface area contributed by atoms with Crippen molar-refractivity contribution in [2.24, 2.45) is 5.10 Å². The third-order valence-electron chi connectivity index (χ3n) is 5.33. The fourth-order valence-corrected chi connectivity index (χ4v) is 3.62. The van der Waals surface area contributed by atoms with Gasteiger partial charge in [0.25, 0.3) is 11.2 Å². The van der Waals surface area contributed by atoms with E-state index < -0.39 is 17.0 Å². The highest BCUT2D eigenvalue weighted by atomic mass is 79.9. The minimum absolute atomic E-state index is 0.0856. The maximum absolute atomic E-state index is 13.3. The summed E-state index contributed by atoms with van der Waals surface area (Å²) in [6, 6.07) is 9.12. The first-order valence-electron chi connectivity index (χ1n) is 11.0. The predicted octanol–water partition coefficient (Wildman–Crippen LogP) is 4.79. The van der Waals surface area contributed by atoms with Crippen LogP contribution < -0.4 is 10.3 Å². The lowest BCUT2D eigenvalue weighted by atomic mass is 10.1. The van der Waals surface area contributed by atoms with E-state index in [1.54, 1.807) is 25.1 Å². The zero-order valence-corrected chi connectivity index (χ0v) is 21.3. The monoisotopic (exact) mass is 544 g/mol. The van der Waals surface area contributed by atoms with Crippen LogP contribution in [0.3, 0.4) is 0 Å². The molecule has 0 saturated heterocycles. The van der Waals surface area contributed by atoms with Gasteiger partial charge in [-0.1, -0.05) is 29.8 Å². The number of halogens is 1. The van der Waals surface area contributed by atoms with Crippen molar-refractivity contribution in [3.63, 3.8) is 0 Å². The molecule has 0 amide bonds. The number of non-ortho nitro benzene ring substituents is 1. The smallest absolute Gasteiger partial charge is 0.347 e. The topological polar surface area (TPSA) is 126 Å². The molecule has 0 aliphatic heterocycles. The van der Waals surface area contributed by atoms with E-state index in [1.165, 1.54) is 36.0 Å². The van der Waals surface area contributed by atoms with E-state index in [2.05, 4.69) is 26.0 Å². The van der Waals surface area contributed by atoms with Crippen LogP contribution in [0.2, 0.25) is 0 Å². The van der Waals surface area contributed by atoms with Gasteiger partial charge in [-0.3, -0.25) is 14.9 Å². The van der Waals surface area contributed by atoms with Gasteiger partial charge in [0.05, 0.1) is 28.6 Å². The van der Waals surface area contributed by atoms with Crippen molar-refractivity contribution < 1.29 is 19.2 Å². The minimum Gasteiger partial charge on any atom is -0.478 e. The van der Waals surface area contributed by atoms with Crippen LogP contribution in [0.5, 0.6) is 5.75 Å². The molecule has 3 rings (SSSR count). The molecule has 184 valence electrons. The molecule has 2 aromatic carbocycles. The molecule has 1 heterocycles. The van der Waals surface area contributed by atoms with Gasteiger partial charge in [0.2, 0.25) is 0 Å². The van der Waals surface area contributed by atoms with Crippen LogP contribution in [-0.2, 0) is 9.53 Å². The first-order chi connectivity index (χ1) is 16.7. The quantitative estimate of drug-likeness (QED) is 0.164. The highest BCUT2D eigenvalue weighted by Gasteiger charge is 2.20. The fraction of sp³-hybridized carbons (Fsp3) is 0.333. The summed E-state index contributed by atoms with van der Waals surface area (Å²) in [6.45, 7) is 7.28. The molecule has 0 radical (unpaired) electrons. The molecule has 0 saturated carbocycles. The third kappa shape index (κ3) is 5.91. The van der Waals surface area contributed by atoms with E-state index in [9.17, 15) is 19.7 Å².